The Balaban J connectivity index is 1.30. The Morgan fingerprint density at radius 2 is 2.07 bits per heavy atom. The fourth-order valence-corrected chi connectivity index (χ4v) is 4.46. The van der Waals surface area contributed by atoms with Gasteiger partial charge in [0.2, 0.25) is 5.91 Å². The number of hydrogen-bond donors (Lipinski definition) is 2. The van der Waals surface area contributed by atoms with Crippen molar-refractivity contribution in [3.63, 3.8) is 0 Å². The molecule has 2 heterocycles. The molecule has 3 amide bonds. The topological polar surface area (TPSA) is 70.7 Å². The van der Waals surface area contributed by atoms with Crippen molar-refractivity contribution in [1.82, 2.24) is 10.2 Å². The highest BCUT2D eigenvalue weighted by Gasteiger charge is 2.49. The van der Waals surface area contributed by atoms with Crippen LogP contribution < -0.4 is 10.6 Å². The van der Waals surface area contributed by atoms with E-state index in [2.05, 4.69) is 17.6 Å². The van der Waals surface area contributed by atoms with Crippen molar-refractivity contribution in [2.24, 2.45) is 11.8 Å². The Morgan fingerprint density at radius 1 is 1.25 bits per heavy atom. The fraction of sp³-hybridized carbons (Fsp3) is 0.636. The summed E-state index contributed by atoms with van der Waals surface area (Å²) in [5.41, 5.74) is 1.67. The van der Waals surface area contributed by atoms with Gasteiger partial charge in [-0.25, -0.2) is 4.79 Å². The maximum atomic E-state index is 12.7. The summed E-state index contributed by atoms with van der Waals surface area (Å²) in [5.74, 6) is 0.912. The first-order valence-corrected chi connectivity index (χ1v) is 10.5. The monoisotopic (exact) mass is 385 g/mol. The fourth-order valence-electron chi connectivity index (χ4n) is 4.46. The second-order valence-corrected chi connectivity index (χ2v) is 8.80. The van der Waals surface area contributed by atoms with Crippen LogP contribution in [0.1, 0.15) is 44.6 Å². The predicted molar refractivity (Wildman–Crippen MR) is 108 cm³/mol. The van der Waals surface area contributed by atoms with Gasteiger partial charge >= 0.3 is 6.03 Å². The van der Waals surface area contributed by atoms with Crippen LogP contribution >= 0.6 is 0 Å². The molecule has 28 heavy (non-hydrogen) atoms. The van der Waals surface area contributed by atoms with Crippen LogP contribution in [0.5, 0.6) is 0 Å². The molecule has 1 saturated carbocycles. The van der Waals surface area contributed by atoms with Crippen LogP contribution in [0.25, 0.3) is 0 Å². The smallest absolute Gasteiger partial charge is 0.321 e. The molecule has 6 heteroatoms. The molecule has 6 nitrogen and oxygen atoms in total. The van der Waals surface area contributed by atoms with Crippen molar-refractivity contribution in [1.29, 1.82) is 0 Å². The Hall–Kier alpha value is -2.08. The molecule has 0 unspecified atom stereocenters. The van der Waals surface area contributed by atoms with E-state index < -0.39 is 0 Å². The first-order chi connectivity index (χ1) is 13.4. The van der Waals surface area contributed by atoms with E-state index >= 15 is 0 Å². The number of benzene rings is 1. The molecule has 3 atom stereocenters. The maximum absolute atomic E-state index is 12.7. The van der Waals surface area contributed by atoms with E-state index in [9.17, 15) is 9.59 Å². The number of piperidine rings is 1. The lowest BCUT2D eigenvalue weighted by atomic mass is 9.80. The van der Waals surface area contributed by atoms with E-state index in [0.29, 0.717) is 19.0 Å². The molecule has 152 valence electrons. The quantitative estimate of drug-likeness (QED) is 0.835. The number of carbonyl (C=O) groups excluding carboxylic acids is 2. The van der Waals surface area contributed by atoms with Crippen LogP contribution in [-0.2, 0) is 9.53 Å². The number of nitrogens with one attached hydrogen (secondary N) is 2. The minimum absolute atomic E-state index is 0.0376. The summed E-state index contributed by atoms with van der Waals surface area (Å²) in [7, 11) is 0. The van der Waals surface area contributed by atoms with Gasteiger partial charge < -0.3 is 20.3 Å². The Morgan fingerprint density at radius 3 is 2.79 bits per heavy atom. The van der Waals surface area contributed by atoms with Gasteiger partial charge in [-0.3, -0.25) is 4.79 Å². The number of rotatable bonds is 4. The molecule has 3 fully saturated rings. The third kappa shape index (κ3) is 4.17. The molecule has 3 aliphatic rings. The van der Waals surface area contributed by atoms with E-state index in [-0.39, 0.29) is 29.6 Å². The highest BCUT2D eigenvalue weighted by atomic mass is 16.5. The number of nitrogens with zero attached hydrogens (tertiary/aromatic N) is 1. The number of carbonyl (C=O) groups is 2. The molecule has 1 aliphatic carbocycles. The SMILES string of the molecule is Cc1cccc(NC(=O)N2CC[C@]3(CC[C@@H](C(=O)NCC4CC4)O3)[C@@H](C)C2)c1. The van der Waals surface area contributed by atoms with E-state index in [1.807, 2.05) is 36.1 Å². The summed E-state index contributed by atoms with van der Waals surface area (Å²) in [5, 5.41) is 6.04. The first-order valence-electron chi connectivity index (χ1n) is 10.5. The summed E-state index contributed by atoms with van der Waals surface area (Å²) in [6, 6.07) is 7.77. The van der Waals surface area contributed by atoms with Gasteiger partial charge in [0.15, 0.2) is 0 Å². The zero-order chi connectivity index (χ0) is 19.7. The molecule has 1 aromatic rings. The summed E-state index contributed by atoms with van der Waals surface area (Å²) in [4.78, 5) is 26.9. The Labute approximate surface area is 167 Å². The van der Waals surface area contributed by atoms with Crippen LogP contribution in [0.3, 0.4) is 0 Å². The molecule has 0 aromatic heterocycles. The number of hydrogen-bond acceptors (Lipinski definition) is 3. The lowest BCUT2D eigenvalue weighted by Crippen LogP contribution is -2.54. The van der Waals surface area contributed by atoms with Crippen molar-refractivity contribution in [2.75, 3.05) is 25.0 Å². The summed E-state index contributed by atoms with van der Waals surface area (Å²) in [6.07, 6.45) is 4.57. The van der Waals surface area contributed by atoms with Crippen molar-refractivity contribution in [3.05, 3.63) is 29.8 Å². The molecule has 1 spiro atoms. The van der Waals surface area contributed by atoms with Gasteiger partial charge in [0.1, 0.15) is 6.10 Å². The summed E-state index contributed by atoms with van der Waals surface area (Å²) < 4.78 is 6.31. The summed E-state index contributed by atoms with van der Waals surface area (Å²) in [6.45, 7) is 6.23. The molecule has 0 radical (unpaired) electrons. The van der Waals surface area contributed by atoms with Crippen LogP contribution in [0.2, 0.25) is 0 Å². The van der Waals surface area contributed by atoms with Gasteiger partial charge in [-0.1, -0.05) is 19.1 Å². The van der Waals surface area contributed by atoms with Crippen LogP contribution in [0.4, 0.5) is 10.5 Å². The van der Waals surface area contributed by atoms with E-state index in [1.165, 1.54) is 12.8 Å². The lowest BCUT2D eigenvalue weighted by molar-refractivity contribution is -0.146. The highest BCUT2D eigenvalue weighted by Crippen LogP contribution is 2.42. The molecular formula is C22H31N3O3. The van der Waals surface area contributed by atoms with E-state index in [0.717, 1.165) is 37.1 Å². The second-order valence-electron chi connectivity index (χ2n) is 8.80. The predicted octanol–water partition coefficient (Wildman–Crippen LogP) is 3.31. The third-order valence-electron chi connectivity index (χ3n) is 6.51. The zero-order valence-corrected chi connectivity index (χ0v) is 16.9. The standard InChI is InChI=1S/C22H31N3O3/c1-15-4-3-5-18(12-15)24-21(27)25-11-10-22(16(2)14-25)9-8-19(28-22)20(26)23-13-17-6-7-17/h3-5,12,16-17,19H,6-11,13-14H2,1-2H3,(H,23,26)(H,24,27)/t16-,19-,22+/m0/s1. The number of aryl methyl sites for hydroxylation is 1. The Kier molecular flexibility index (Phi) is 5.32. The molecule has 4 rings (SSSR count). The highest BCUT2D eigenvalue weighted by molar-refractivity contribution is 5.89. The number of urea groups is 1. The van der Waals surface area contributed by atoms with Gasteiger partial charge in [-0.15, -0.1) is 0 Å². The molecule has 2 aliphatic heterocycles. The van der Waals surface area contributed by atoms with Crippen LogP contribution in [0.15, 0.2) is 24.3 Å². The summed E-state index contributed by atoms with van der Waals surface area (Å²) >= 11 is 0. The number of likely N-dealkylation sites (tertiary alicyclic amines) is 1. The number of amides is 3. The number of ether oxygens (including phenoxy) is 1. The van der Waals surface area contributed by atoms with Crippen LogP contribution in [-0.4, -0.2) is 48.2 Å². The molecule has 1 aromatic carbocycles. The van der Waals surface area contributed by atoms with Crippen LogP contribution in [0, 0.1) is 18.8 Å². The van der Waals surface area contributed by atoms with Crippen molar-refractivity contribution in [3.8, 4) is 0 Å². The van der Waals surface area contributed by atoms with Gasteiger partial charge in [0, 0.05) is 31.2 Å². The Bertz CT molecular complexity index is 748. The largest absolute Gasteiger partial charge is 0.362 e. The zero-order valence-electron chi connectivity index (χ0n) is 16.9. The molecule has 2 N–H and O–H groups in total. The first kappa shape index (κ1) is 19.2. The maximum Gasteiger partial charge on any atom is 0.321 e. The van der Waals surface area contributed by atoms with Crippen molar-refractivity contribution < 1.29 is 14.3 Å². The molecule has 0 bridgehead atoms. The average Bonchev–Trinajstić information content (AvgIpc) is 3.40. The van der Waals surface area contributed by atoms with Gasteiger partial charge in [0.05, 0.1) is 5.60 Å². The van der Waals surface area contributed by atoms with Gasteiger partial charge in [0.25, 0.3) is 0 Å². The average molecular weight is 386 g/mol. The van der Waals surface area contributed by atoms with E-state index in [1.54, 1.807) is 0 Å². The van der Waals surface area contributed by atoms with Gasteiger partial charge in [-0.05, 0) is 62.6 Å². The minimum Gasteiger partial charge on any atom is -0.362 e. The van der Waals surface area contributed by atoms with E-state index in [4.69, 9.17) is 4.74 Å². The number of anilines is 1. The molecular weight excluding hydrogens is 354 g/mol. The van der Waals surface area contributed by atoms with Gasteiger partial charge in [-0.2, -0.15) is 0 Å². The van der Waals surface area contributed by atoms with Crippen molar-refractivity contribution in [2.45, 2.75) is 57.7 Å². The normalized spacial score (nSPS) is 29.7. The second kappa shape index (κ2) is 7.74. The minimum atomic E-state index is -0.339. The third-order valence-corrected chi connectivity index (χ3v) is 6.51. The lowest BCUT2D eigenvalue weighted by Gasteiger charge is -2.44. The molecule has 2 saturated heterocycles. The van der Waals surface area contributed by atoms with Crippen molar-refractivity contribution >= 4 is 17.6 Å².